The molecule has 4 aromatic rings. The van der Waals surface area contributed by atoms with Crippen molar-refractivity contribution in [2.75, 3.05) is 0 Å². The quantitative estimate of drug-likeness (QED) is 0.228. The predicted molar refractivity (Wildman–Crippen MR) is 170 cm³/mol. The molecule has 3 aromatic carbocycles. The van der Waals surface area contributed by atoms with Crippen LogP contribution in [0.2, 0.25) is 31.2 Å². The van der Waals surface area contributed by atoms with Crippen LogP contribution in [0.3, 0.4) is 0 Å². The van der Waals surface area contributed by atoms with E-state index in [1.54, 1.807) is 11.1 Å². The van der Waals surface area contributed by atoms with Crippen LogP contribution >= 0.6 is 0 Å². The van der Waals surface area contributed by atoms with Crippen LogP contribution in [-0.4, -0.2) is 21.0 Å². The minimum Gasteiger partial charge on any atom is -0.543 e. The fourth-order valence-corrected chi connectivity index (χ4v) is 14.2. The molecular weight excluding hydrogens is 507 g/mol. The molecule has 2 heterocycles. The van der Waals surface area contributed by atoms with Gasteiger partial charge < -0.3 is 8.99 Å². The van der Waals surface area contributed by atoms with E-state index in [0.29, 0.717) is 0 Å². The normalized spacial score (nSPS) is 24.5. The van der Waals surface area contributed by atoms with Crippen LogP contribution in [0.1, 0.15) is 55.0 Å². The van der Waals surface area contributed by atoms with E-state index in [0.717, 1.165) is 12.2 Å². The molecular formula is C35H41NOSi2. The molecule has 0 N–H and O–H groups in total. The smallest absolute Gasteiger partial charge is 0.250 e. The Labute approximate surface area is 235 Å². The highest BCUT2D eigenvalue weighted by atomic mass is 28.4. The Bertz CT molecular complexity index is 1730. The van der Waals surface area contributed by atoms with Gasteiger partial charge in [-0.3, -0.25) is 0 Å². The zero-order chi connectivity index (χ0) is 27.8. The van der Waals surface area contributed by atoms with Crippen molar-refractivity contribution in [3.8, 4) is 11.3 Å². The van der Waals surface area contributed by atoms with Crippen LogP contribution < -0.4 is 0 Å². The molecule has 2 aliphatic carbocycles. The van der Waals surface area contributed by atoms with Gasteiger partial charge in [0.15, 0.2) is 0 Å². The fraction of sp³-hybridized carbons (Fsp3) is 0.371. The highest BCUT2D eigenvalue weighted by Crippen LogP contribution is 2.73. The third-order valence-electron chi connectivity index (χ3n) is 11.4. The molecule has 1 aliphatic heterocycles. The van der Waals surface area contributed by atoms with Gasteiger partial charge in [-0.1, -0.05) is 94.0 Å². The Balaban J connectivity index is 1.48. The van der Waals surface area contributed by atoms with Crippen molar-refractivity contribution in [1.29, 1.82) is 0 Å². The standard InChI is InChI=1S/C35H41NOSi2/c1-23-18-19-29-26(20-23)31-32(36(29)5)25-15-11-13-17-28(25)35(31)22-34(38(35,6)7)21-30(24-14-10-12-16-27(24)34)37-39(8,9)33(2,3)4/h10-21H,22H2,1-9H3. The van der Waals surface area contributed by atoms with Gasteiger partial charge in [0.25, 0.3) is 0 Å². The number of rotatable bonds is 2. The Hall–Kier alpha value is -2.83. The number of benzene rings is 3. The van der Waals surface area contributed by atoms with Crippen LogP contribution in [-0.2, 0) is 21.6 Å². The molecule has 200 valence electrons. The van der Waals surface area contributed by atoms with E-state index in [2.05, 4.69) is 138 Å². The third-order valence-corrected chi connectivity index (χ3v) is 21.4. The van der Waals surface area contributed by atoms with Gasteiger partial charge in [-0.2, -0.15) is 0 Å². The van der Waals surface area contributed by atoms with Crippen LogP contribution in [0.5, 0.6) is 0 Å². The summed E-state index contributed by atoms with van der Waals surface area (Å²) in [5, 5.41) is 1.74. The molecule has 4 heteroatoms. The predicted octanol–water partition coefficient (Wildman–Crippen LogP) is 9.26. The molecule has 0 amide bonds. The first-order chi connectivity index (χ1) is 18.3. The van der Waals surface area contributed by atoms with Crippen LogP contribution in [0.25, 0.3) is 27.9 Å². The van der Waals surface area contributed by atoms with Crippen molar-refractivity contribution in [3.05, 3.63) is 101 Å². The van der Waals surface area contributed by atoms with E-state index in [1.165, 1.54) is 38.9 Å². The minimum absolute atomic E-state index is 0.0575. The average molecular weight is 548 g/mol. The van der Waals surface area contributed by atoms with Crippen LogP contribution in [0.4, 0.5) is 0 Å². The maximum Gasteiger partial charge on any atom is 0.250 e. The van der Waals surface area contributed by atoms with Crippen molar-refractivity contribution in [3.63, 3.8) is 0 Å². The molecule has 2 spiro atoms. The lowest BCUT2D eigenvalue weighted by Gasteiger charge is -2.66. The monoisotopic (exact) mass is 547 g/mol. The minimum atomic E-state index is -2.08. The maximum atomic E-state index is 7.11. The van der Waals surface area contributed by atoms with Crippen LogP contribution in [0, 0.1) is 6.92 Å². The van der Waals surface area contributed by atoms with Gasteiger partial charge in [-0.25, -0.2) is 0 Å². The van der Waals surface area contributed by atoms with Gasteiger partial charge in [0.2, 0.25) is 8.32 Å². The summed E-state index contributed by atoms with van der Waals surface area (Å²) in [6.45, 7) is 19.3. The number of hydrogen-bond acceptors (Lipinski definition) is 1. The van der Waals surface area contributed by atoms with Crippen molar-refractivity contribution in [1.82, 2.24) is 4.57 Å². The number of fused-ring (bicyclic) bond motifs is 9. The molecule has 0 radical (unpaired) electrons. The number of nitrogens with zero attached hydrogens (tertiary/aromatic N) is 1. The topological polar surface area (TPSA) is 14.2 Å². The first-order valence-corrected chi connectivity index (χ1v) is 20.4. The number of hydrogen-bond donors (Lipinski definition) is 0. The lowest BCUT2D eigenvalue weighted by Crippen LogP contribution is -2.75. The van der Waals surface area contributed by atoms with Gasteiger partial charge in [0.05, 0.1) is 13.8 Å². The van der Waals surface area contributed by atoms with E-state index in [1.807, 2.05) is 0 Å². The lowest BCUT2D eigenvalue weighted by molar-refractivity contribution is 0.426. The van der Waals surface area contributed by atoms with Crippen molar-refractivity contribution in [2.24, 2.45) is 7.05 Å². The second-order valence-corrected chi connectivity index (χ2v) is 24.2. The summed E-state index contributed by atoms with van der Waals surface area (Å²) in [7, 11) is -1.80. The highest BCUT2D eigenvalue weighted by Gasteiger charge is 2.75. The zero-order valence-electron chi connectivity index (χ0n) is 25.0. The molecule has 39 heavy (non-hydrogen) atoms. The molecule has 1 aromatic heterocycles. The Kier molecular flexibility index (Phi) is 4.82. The van der Waals surface area contributed by atoms with Gasteiger partial charge in [-0.05, 0) is 66.4 Å². The summed E-state index contributed by atoms with van der Waals surface area (Å²) in [5.74, 6) is 1.15. The zero-order valence-corrected chi connectivity index (χ0v) is 27.0. The van der Waals surface area contributed by atoms with Gasteiger partial charge >= 0.3 is 0 Å². The summed E-state index contributed by atoms with van der Waals surface area (Å²) in [6.07, 6.45) is 3.73. The van der Waals surface area contributed by atoms with E-state index >= 15 is 0 Å². The summed E-state index contributed by atoms with van der Waals surface area (Å²) in [4.78, 5) is 0. The molecule has 7 rings (SSSR count). The Morgan fingerprint density at radius 2 is 1.54 bits per heavy atom. The van der Waals surface area contributed by atoms with E-state index in [-0.39, 0.29) is 15.1 Å². The SMILES string of the molecule is Cc1ccc2c(c1)c1c(n2C)-c2ccccc2C12CC1(C=C(O[Si](C)(C)C(C)(C)C)c3ccccc31)[Si]2(C)C. The molecule has 0 saturated carbocycles. The van der Waals surface area contributed by atoms with Crippen molar-refractivity contribution in [2.45, 2.75) is 75.4 Å². The van der Waals surface area contributed by atoms with Crippen molar-refractivity contribution < 1.29 is 4.43 Å². The van der Waals surface area contributed by atoms with Crippen LogP contribution in [0.15, 0.2) is 72.8 Å². The fourth-order valence-electron chi connectivity index (χ4n) is 8.11. The first-order valence-electron chi connectivity index (χ1n) is 14.5. The molecule has 2 atom stereocenters. The number of aryl methyl sites for hydroxylation is 2. The second-order valence-electron chi connectivity index (χ2n) is 14.4. The van der Waals surface area contributed by atoms with Gasteiger partial charge in [0, 0.05) is 39.2 Å². The van der Waals surface area contributed by atoms with E-state index in [4.69, 9.17) is 4.43 Å². The average Bonchev–Trinajstić information content (AvgIpc) is 3.46. The summed E-state index contributed by atoms with van der Waals surface area (Å²) < 4.78 is 9.58. The molecule has 3 aliphatic rings. The highest BCUT2D eigenvalue weighted by molar-refractivity contribution is 6.88. The number of aromatic nitrogens is 1. The van der Waals surface area contributed by atoms with Gasteiger partial charge in [0.1, 0.15) is 5.76 Å². The van der Waals surface area contributed by atoms with Gasteiger partial charge in [-0.15, -0.1) is 0 Å². The van der Waals surface area contributed by atoms with E-state index in [9.17, 15) is 0 Å². The summed E-state index contributed by atoms with van der Waals surface area (Å²) in [5.41, 5.74) is 11.6. The molecule has 1 fully saturated rings. The Morgan fingerprint density at radius 3 is 2.21 bits per heavy atom. The van der Waals surface area contributed by atoms with Crippen molar-refractivity contribution >= 4 is 33.1 Å². The lowest BCUT2D eigenvalue weighted by atomic mass is 9.79. The summed E-state index contributed by atoms with van der Waals surface area (Å²) in [6, 6.07) is 25.5. The second kappa shape index (κ2) is 7.47. The maximum absolute atomic E-state index is 7.11. The largest absolute Gasteiger partial charge is 0.543 e. The summed E-state index contributed by atoms with van der Waals surface area (Å²) >= 11 is 0. The Morgan fingerprint density at radius 1 is 0.897 bits per heavy atom. The molecule has 1 saturated heterocycles. The molecule has 2 unspecified atom stereocenters. The first kappa shape index (κ1) is 25.2. The molecule has 0 bridgehead atoms. The number of allylic oxidation sites excluding steroid dienone is 1. The van der Waals surface area contributed by atoms with E-state index < -0.39 is 16.4 Å². The molecule has 2 nitrogen and oxygen atoms in total. The third kappa shape index (κ3) is 2.82.